The van der Waals surface area contributed by atoms with Gasteiger partial charge in [-0.2, -0.15) is 0 Å². The second-order valence-electron chi connectivity index (χ2n) is 7.46. The first kappa shape index (κ1) is 11.7. The number of rotatable bonds is 1. The Morgan fingerprint density at radius 2 is 1.94 bits per heavy atom. The summed E-state index contributed by atoms with van der Waals surface area (Å²) in [4.78, 5) is 0. The highest BCUT2D eigenvalue weighted by Crippen LogP contribution is 2.63. The number of allylic oxidation sites excluding steroid dienone is 1. The highest BCUT2D eigenvalue weighted by Gasteiger charge is 2.58. The molecule has 2 N–H and O–H groups in total. The third kappa shape index (κ3) is 1.47. The van der Waals surface area contributed by atoms with Crippen molar-refractivity contribution < 1.29 is 10.2 Å². The second-order valence-corrected chi connectivity index (χ2v) is 7.46. The van der Waals surface area contributed by atoms with Crippen molar-refractivity contribution in [3.8, 4) is 0 Å². The van der Waals surface area contributed by atoms with Crippen molar-refractivity contribution in [2.45, 2.75) is 52.6 Å². The Morgan fingerprint density at radius 1 is 1.24 bits per heavy atom. The molecule has 2 saturated carbocycles. The van der Waals surface area contributed by atoms with Crippen LogP contribution in [0, 0.1) is 22.7 Å². The van der Waals surface area contributed by atoms with Gasteiger partial charge in [-0.3, -0.25) is 0 Å². The summed E-state index contributed by atoms with van der Waals surface area (Å²) in [5.74, 6) is 1.06. The fourth-order valence-electron chi connectivity index (χ4n) is 4.71. The van der Waals surface area contributed by atoms with Gasteiger partial charge in [-0.15, -0.1) is 0 Å². The van der Waals surface area contributed by atoms with E-state index in [0.29, 0.717) is 17.3 Å². The molecule has 0 aromatic carbocycles. The maximum Gasteiger partial charge on any atom is 0.0647 e. The number of fused-ring (bicyclic) bond motifs is 2. The number of hydrogen-bond donors (Lipinski definition) is 2. The van der Waals surface area contributed by atoms with Gasteiger partial charge in [-0.1, -0.05) is 26.3 Å². The van der Waals surface area contributed by atoms with E-state index in [1.165, 1.54) is 17.6 Å². The minimum Gasteiger partial charge on any atom is -0.393 e. The summed E-state index contributed by atoms with van der Waals surface area (Å²) in [6, 6.07) is 0. The van der Waals surface area contributed by atoms with E-state index < -0.39 is 0 Å². The molecule has 0 radical (unpaired) electrons. The minimum atomic E-state index is -0.153. The number of aliphatic hydroxyl groups is 2. The van der Waals surface area contributed by atoms with Gasteiger partial charge in [0.15, 0.2) is 0 Å². The van der Waals surface area contributed by atoms with Gasteiger partial charge < -0.3 is 10.2 Å². The van der Waals surface area contributed by atoms with Crippen LogP contribution in [0.25, 0.3) is 0 Å². The monoisotopic (exact) mass is 236 g/mol. The normalized spacial score (nSPS) is 47.5. The standard InChI is InChI=1S/C15H24O2/c1-14(2)5-9-6-15(3)12(4-13(15)17)11(8-16)10(9)7-14/h9,12-13,16-17H,4-8H2,1-3H3. The molecule has 3 rings (SSSR count). The third-order valence-corrected chi connectivity index (χ3v) is 5.67. The molecule has 0 aromatic heterocycles. The Bertz CT molecular complexity index is 382. The van der Waals surface area contributed by atoms with Crippen LogP contribution in [-0.2, 0) is 0 Å². The molecule has 0 aliphatic heterocycles. The zero-order valence-electron chi connectivity index (χ0n) is 11.2. The average Bonchev–Trinajstić information content (AvgIpc) is 2.53. The summed E-state index contributed by atoms with van der Waals surface area (Å²) in [5.41, 5.74) is 3.24. The van der Waals surface area contributed by atoms with Crippen molar-refractivity contribution in [2.75, 3.05) is 6.61 Å². The van der Waals surface area contributed by atoms with E-state index in [1.54, 1.807) is 0 Å². The Morgan fingerprint density at radius 3 is 2.53 bits per heavy atom. The molecule has 4 unspecified atom stereocenters. The summed E-state index contributed by atoms with van der Waals surface area (Å²) < 4.78 is 0. The minimum absolute atomic E-state index is 0.0483. The lowest BCUT2D eigenvalue weighted by Gasteiger charge is -2.57. The fourth-order valence-corrected chi connectivity index (χ4v) is 4.71. The van der Waals surface area contributed by atoms with E-state index in [0.717, 1.165) is 19.3 Å². The maximum atomic E-state index is 10.1. The first-order valence-electron chi connectivity index (χ1n) is 6.88. The summed E-state index contributed by atoms with van der Waals surface area (Å²) in [5, 5.41) is 19.8. The summed E-state index contributed by atoms with van der Waals surface area (Å²) in [7, 11) is 0. The van der Waals surface area contributed by atoms with E-state index >= 15 is 0 Å². The first-order valence-corrected chi connectivity index (χ1v) is 6.88. The Hall–Kier alpha value is -0.340. The number of aliphatic hydroxyl groups excluding tert-OH is 2. The van der Waals surface area contributed by atoms with Crippen LogP contribution in [-0.4, -0.2) is 22.9 Å². The molecule has 2 heteroatoms. The molecule has 0 spiro atoms. The van der Waals surface area contributed by atoms with Gasteiger partial charge in [0.05, 0.1) is 12.7 Å². The fraction of sp³-hybridized carbons (Fsp3) is 0.867. The molecule has 0 amide bonds. The molecule has 96 valence electrons. The maximum absolute atomic E-state index is 10.1. The van der Waals surface area contributed by atoms with Gasteiger partial charge in [0.1, 0.15) is 0 Å². The zero-order chi connectivity index (χ0) is 12.4. The van der Waals surface area contributed by atoms with Gasteiger partial charge in [-0.25, -0.2) is 0 Å². The highest BCUT2D eigenvalue weighted by molar-refractivity contribution is 5.34. The second kappa shape index (κ2) is 3.36. The van der Waals surface area contributed by atoms with Crippen LogP contribution in [0.1, 0.15) is 46.5 Å². The van der Waals surface area contributed by atoms with Gasteiger partial charge in [-0.05, 0) is 48.5 Å². The van der Waals surface area contributed by atoms with Gasteiger partial charge in [0.2, 0.25) is 0 Å². The quantitative estimate of drug-likeness (QED) is 0.687. The van der Waals surface area contributed by atoms with Gasteiger partial charge >= 0.3 is 0 Å². The molecule has 3 aliphatic carbocycles. The van der Waals surface area contributed by atoms with Crippen LogP contribution in [0.2, 0.25) is 0 Å². The number of hydrogen-bond acceptors (Lipinski definition) is 2. The van der Waals surface area contributed by atoms with Crippen LogP contribution in [0.5, 0.6) is 0 Å². The lowest BCUT2D eigenvalue weighted by molar-refractivity contribution is -0.116. The zero-order valence-corrected chi connectivity index (χ0v) is 11.2. The van der Waals surface area contributed by atoms with Crippen molar-refractivity contribution in [3.05, 3.63) is 11.1 Å². The molecular formula is C15H24O2. The van der Waals surface area contributed by atoms with Crippen molar-refractivity contribution in [2.24, 2.45) is 22.7 Å². The summed E-state index contributed by atoms with van der Waals surface area (Å²) in [6.07, 6.45) is 4.21. The summed E-state index contributed by atoms with van der Waals surface area (Å²) >= 11 is 0. The predicted molar refractivity (Wildman–Crippen MR) is 67.5 cm³/mol. The molecule has 3 aliphatic rings. The Labute approximate surface area is 104 Å². The largest absolute Gasteiger partial charge is 0.393 e. The average molecular weight is 236 g/mol. The summed E-state index contributed by atoms with van der Waals surface area (Å²) in [6.45, 7) is 7.07. The molecule has 0 bridgehead atoms. The Balaban J connectivity index is 2.00. The molecule has 2 nitrogen and oxygen atoms in total. The van der Waals surface area contributed by atoms with Crippen molar-refractivity contribution in [3.63, 3.8) is 0 Å². The highest BCUT2D eigenvalue weighted by atomic mass is 16.3. The molecule has 2 fully saturated rings. The lowest BCUT2D eigenvalue weighted by atomic mass is 9.50. The van der Waals surface area contributed by atoms with Gasteiger partial charge in [0.25, 0.3) is 0 Å². The van der Waals surface area contributed by atoms with Crippen LogP contribution in [0.3, 0.4) is 0 Å². The lowest BCUT2D eigenvalue weighted by Crippen LogP contribution is -2.55. The molecule has 0 saturated heterocycles. The smallest absolute Gasteiger partial charge is 0.0647 e. The topological polar surface area (TPSA) is 40.5 Å². The predicted octanol–water partition coefficient (Wildman–Crippen LogP) is 2.50. The van der Waals surface area contributed by atoms with Crippen LogP contribution in [0.4, 0.5) is 0 Å². The van der Waals surface area contributed by atoms with Crippen molar-refractivity contribution in [1.29, 1.82) is 0 Å². The van der Waals surface area contributed by atoms with Crippen LogP contribution in [0.15, 0.2) is 11.1 Å². The van der Waals surface area contributed by atoms with Crippen molar-refractivity contribution in [1.82, 2.24) is 0 Å². The molecule has 4 atom stereocenters. The van der Waals surface area contributed by atoms with Crippen LogP contribution >= 0.6 is 0 Å². The van der Waals surface area contributed by atoms with E-state index in [-0.39, 0.29) is 18.1 Å². The van der Waals surface area contributed by atoms with Crippen molar-refractivity contribution >= 4 is 0 Å². The molecular weight excluding hydrogens is 212 g/mol. The van der Waals surface area contributed by atoms with E-state index in [9.17, 15) is 10.2 Å². The van der Waals surface area contributed by atoms with Crippen LogP contribution < -0.4 is 0 Å². The molecule has 0 heterocycles. The third-order valence-electron chi connectivity index (χ3n) is 5.67. The first-order chi connectivity index (χ1) is 7.87. The SMILES string of the molecule is CC1(C)CC2=C(CO)C3CC(O)C3(C)CC2C1. The van der Waals surface area contributed by atoms with E-state index in [2.05, 4.69) is 20.8 Å². The molecule has 0 aromatic rings. The van der Waals surface area contributed by atoms with E-state index in [1.807, 2.05) is 0 Å². The molecule has 17 heavy (non-hydrogen) atoms. The van der Waals surface area contributed by atoms with Gasteiger partial charge in [0, 0.05) is 5.41 Å². The Kier molecular flexibility index (Phi) is 2.32. The van der Waals surface area contributed by atoms with E-state index in [4.69, 9.17) is 0 Å².